The van der Waals surface area contributed by atoms with Crippen molar-refractivity contribution < 1.29 is 4.79 Å². The van der Waals surface area contributed by atoms with E-state index in [-0.39, 0.29) is 30.7 Å². The van der Waals surface area contributed by atoms with E-state index in [2.05, 4.69) is 4.98 Å². The maximum Gasteiger partial charge on any atom is 0.260 e. The van der Waals surface area contributed by atoms with Crippen LogP contribution in [0.2, 0.25) is 0 Å². The zero-order valence-corrected chi connectivity index (χ0v) is 17.6. The summed E-state index contributed by atoms with van der Waals surface area (Å²) in [5, 5.41) is 2.83. The van der Waals surface area contributed by atoms with E-state index in [9.17, 15) is 4.79 Å². The van der Waals surface area contributed by atoms with Gasteiger partial charge in [0.15, 0.2) is 5.13 Å². The highest BCUT2D eigenvalue weighted by Crippen LogP contribution is 2.33. The summed E-state index contributed by atoms with van der Waals surface area (Å²) in [5.74, 6) is 0.0301. The Kier molecular flexibility index (Phi) is 6.57. The molecule has 0 saturated heterocycles. The van der Waals surface area contributed by atoms with Crippen molar-refractivity contribution in [2.24, 2.45) is 0 Å². The molecule has 4 rings (SSSR count). The highest BCUT2D eigenvalue weighted by molar-refractivity contribution is 7.12. The van der Waals surface area contributed by atoms with Crippen molar-refractivity contribution in [1.29, 1.82) is 0 Å². The number of nitrogens with two attached hydrogens (primary N) is 1. The standard InChI is InChI=1S/C19H20N4OS.2ClH/c1-12-11-15(13(2)23(12)19-21-8-10-25-19)18(24)22-9-4-5-14-16(20)6-3-7-17(14)22;;/h3,6-8,10-11H,4-5,9,20H2,1-2H3;2*1H. The largest absolute Gasteiger partial charge is 0.398 e. The van der Waals surface area contributed by atoms with Gasteiger partial charge in [0.2, 0.25) is 0 Å². The van der Waals surface area contributed by atoms with Crippen LogP contribution in [0.1, 0.15) is 33.7 Å². The van der Waals surface area contributed by atoms with E-state index in [4.69, 9.17) is 5.73 Å². The number of aromatic nitrogens is 2. The van der Waals surface area contributed by atoms with Crippen LogP contribution in [-0.2, 0) is 6.42 Å². The van der Waals surface area contributed by atoms with E-state index in [0.717, 1.165) is 58.4 Å². The van der Waals surface area contributed by atoms with Gasteiger partial charge in [-0.05, 0) is 50.5 Å². The van der Waals surface area contributed by atoms with Gasteiger partial charge < -0.3 is 10.6 Å². The molecule has 2 N–H and O–H groups in total. The maximum absolute atomic E-state index is 13.3. The SMILES string of the molecule is Cc1cc(C(=O)N2CCCc3c(N)cccc32)c(C)n1-c1nccs1.Cl.Cl. The zero-order chi connectivity index (χ0) is 17.6. The molecule has 0 bridgehead atoms. The van der Waals surface area contributed by atoms with Gasteiger partial charge in [-0.1, -0.05) is 6.07 Å². The summed E-state index contributed by atoms with van der Waals surface area (Å²) in [5.41, 5.74) is 11.6. The third-order valence-corrected chi connectivity index (χ3v) is 5.56. The van der Waals surface area contributed by atoms with Crippen molar-refractivity contribution in [1.82, 2.24) is 9.55 Å². The molecule has 144 valence electrons. The molecule has 3 heterocycles. The number of fused-ring (bicyclic) bond motifs is 1. The first-order valence-corrected chi connectivity index (χ1v) is 9.24. The second-order valence-corrected chi connectivity index (χ2v) is 7.21. The minimum Gasteiger partial charge on any atom is -0.398 e. The number of rotatable bonds is 2. The molecule has 1 amide bonds. The first kappa shape index (κ1) is 21.3. The number of thiazole rings is 1. The second-order valence-electron chi connectivity index (χ2n) is 6.34. The Hall–Kier alpha value is -2.02. The molecular formula is C19H22Cl2N4OS. The minimum atomic E-state index is 0. The van der Waals surface area contributed by atoms with Crippen molar-refractivity contribution in [2.75, 3.05) is 17.2 Å². The summed E-state index contributed by atoms with van der Waals surface area (Å²) < 4.78 is 2.04. The Balaban J connectivity index is 0.00000131. The van der Waals surface area contributed by atoms with Crippen LogP contribution in [0.5, 0.6) is 0 Å². The summed E-state index contributed by atoms with van der Waals surface area (Å²) in [6.07, 6.45) is 3.63. The number of halogens is 2. The molecule has 5 nitrogen and oxygen atoms in total. The average molecular weight is 425 g/mol. The molecule has 0 saturated carbocycles. The van der Waals surface area contributed by atoms with Gasteiger partial charge in [-0.15, -0.1) is 36.2 Å². The van der Waals surface area contributed by atoms with Gasteiger partial charge in [0, 0.05) is 40.9 Å². The Bertz CT molecular complexity index is 953. The van der Waals surface area contributed by atoms with Gasteiger partial charge >= 0.3 is 0 Å². The lowest BCUT2D eigenvalue weighted by Gasteiger charge is -2.30. The van der Waals surface area contributed by atoms with Crippen LogP contribution in [0.3, 0.4) is 0 Å². The predicted molar refractivity (Wildman–Crippen MR) is 116 cm³/mol. The average Bonchev–Trinajstić information content (AvgIpc) is 3.22. The molecule has 8 heteroatoms. The van der Waals surface area contributed by atoms with Crippen LogP contribution < -0.4 is 10.6 Å². The van der Waals surface area contributed by atoms with Crippen LogP contribution in [-0.4, -0.2) is 22.0 Å². The molecule has 0 radical (unpaired) electrons. The summed E-state index contributed by atoms with van der Waals surface area (Å²) in [6.45, 7) is 4.70. The topological polar surface area (TPSA) is 64.2 Å². The van der Waals surface area contributed by atoms with Crippen molar-refractivity contribution in [3.63, 3.8) is 0 Å². The number of nitrogen functional groups attached to an aromatic ring is 1. The number of amides is 1. The molecule has 27 heavy (non-hydrogen) atoms. The molecular weight excluding hydrogens is 403 g/mol. The first-order chi connectivity index (χ1) is 12.1. The molecule has 3 aromatic rings. The fourth-order valence-corrected chi connectivity index (χ4v) is 4.36. The maximum atomic E-state index is 13.3. The van der Waals surface area contributed by atoms with Crippen LogP contribution in [0.4, 0.5) is 11.4 Å². The summed E-state index contributed by atoms with van der Waals surface area (Å²) in [4.78, 5) is 19.5. The molecule has 0 aliphatic carbocycles. The van der Waals surface area contributed by atoms with Crippen molar-refractivity contribution in [2.45, 2.75) is 26.7 Å². The van der Waals surface area contributed by atoms with E-state index in [1.54, 1.807) is 17.5 Å². The molecule has 0 atom stereocenters. The van der Waals surface area contributed by atoms with Crippen LogP contribution in [0.15, 0.2) is 35.8 Å². The number of hydrogen-bond acceptors (Lipinski definition) is 4. The smallest absolute Gasteiger partial charge is 0.260 e. The zero-order valence-electron chi connectivity index (χ0n) is 15.1. The predicted octanol–water partition coefficient (Wildman–Crippen LogP) is 4.57. The number of nitrogens with zero attached hydrogens (tertiary/aromatic N) is 3. The van der Waals surface area contributed by atoms with Crippen molar-refractivity contribution in [3.8, 4) is 5.13 Å². The van der Waals surface area contributed by atoms with Crippen molar-refractivity contribution >= 4 is 53.4 Å². The number of benzene rings is 1. The third-order valence-electron chi connectivity index (χ3n) is 4.80. The minimum absolute atomic E-state index is 0. The Morgan fingerprint density at radius 2 is 2.04 bits per heavy atom. The van der Waals surface area contributed by atoms with E-state index >= 15 is 0 Å². The van der Waals surface area contributed by atoms with Gasteiger partial charge in [0.05, 0.1) is 5.56 Å². The Morgan fingerprint density at radius 3 is 2.74 bits per heavy atom. The highest BCUT2D eigenvalue weighted by Gasteiger charge is 2.27. The molecule has 1 aliphatic rings. The van der Waals surface area contributed by atoms with E-state index < -0.39 is 0 Å². The normalized spacial score (nSPS) is 12.7. The summed E-state index contributed by atoms with van der Waals surface area (Å²) >= 11 is 1.57. The highest BCUT2D eigenvalue weighted by atomic mass is 35.5. The van der Waals surface area contributed by atoms with E-state index in [1.165, 1.54) is 0 Å². The molecule has 0 unspecified atom stereocenters. The molecule has 0 spiro atoms. The van der Waals surface area contributed by atoms with Crippen molar-refractivity contribution in [3.05, 3.63) is 58.4 Å². The fourth-order valence-electron chi connectivity index (χ4n) is 3.61. The monoisotopic (exact) mass is 424 g/mol. The molecule has 1 aromatic carbocycles. The van der Waals surface area contributed by atoms with Gasteiger partial charge in [-0.2, -0.15) is 0 Å². The van der Waals surface area contributed by atoms with Crippen LogP contribution in [0, 0.1) is 13.8 Å². The molecule has 0 fully saturated rings. The first-order valence-electron chi connectivity index (χ1n) is 8.36. The molecule has 2 aromatic heterocycles. The number of anilines is 2. The van der Waals surface area contributed by atoms with Gasteiger partial charge in [0.1, 0.15) is 0 Å². The quantitative estimate of drug-likeness (QED) is 0.612. The van der Waals surface area contributed by atoms with Gasteiger partial charge in [0.25, 0.3) is 5.91 Å². The van der Waals surface area contributed by atoms with Gasteiger partial charge in [-0.25, -0.2) is 4.98 Å². The molecule has 1 aliphatic heterocycles. The number of carbonyl (C=O) groups excluding carboxylic acids is 1. The van der Waals surface area contributed by atoms with E-state index in [1.807, 2.05) is 53.0 Å². The lowest BCUT2D eigenvalue weighted by Crippen LogP contribution is -2.36. The second kappa shape index (κ2) is 8.33. The Morgan fingerprint density at radius 1 is 1.26 bits per heavy atom. The number of aryl methyl sites for hydroxylation is 1. The van der Waals surface area contributed by atoms with Crippen LogP contribution >= 0.6 is 36.2 Å². The fraction of sp³-hybridized carbons (Fsp3) is 0.263. The summed E-state index contributed by atoms with van der Waals surface area (Å²) in [7, 11) is 0. The lowest BCUT2D eigenvalue weighted by atomic mass is 9.99. The van der Waals surface area contributed by atoms with Crippen LogP contribution in [0.25, 0.3) is 5.13 Å². The Labute approximate surface area is 175 Å². The van der Waals surface area contributed by atoms with E-state index in [0.29, 0.717) is 0 Å². The number of carbonyl (C=O) groups is 1. The summed E-state index contributed by atoms with van der Waals surface area (Å²) in [6, 6.07) is 7.77. The lowest BCUT2D eigenvalue weighted by molar-refractivity contribution is 0.0984. The third kappa shape index (κ3) is 3.57. The van der Waals surface area contributed by atoms with Gasteiger partial charge in [-0.3, -0.25) is 9.36 Å². The number of hydrogen-bond donors (Lipinski definition) is 1.